The molecule has 110 valence electrons. The zero-order chi connectivity index (χ0) is 14.4. The predicted molar refractivity (Wildman–Crippen MR) is 73.5 cm³/mol. The minimum absolute atomic E-state index is 0.0197. The molecular weight excluding hydrogens is 244 g/mol. The number of amides is 2. The van der Waals surface area contributed by atoms with E-state index in [0.29, 0.717) is 0 Å². The molecule has 0 spiro atoms. The molecule has 1 fully saturated rings. The van der Waals surface area contributed by atoms with Gasteiger partial charge in [-0.25, -0.2) is 0 Å². The van der Waals surface area contributed by atoms with Gasteiger partial charge in [0.1, 0.15) is 0 Å². The maximum Gasteiger partial charge on any atom is 0.251 e. The zero-order valence-corrected chi connectivity index (χ0v) is 12.1. The van der Waals surface area contributed by atoms with Crippen LogP contribution in [0, 0.1) is 0 Å². The summed E-state index contributed by atoms with van der Waals surface area (Å²) < 4.78 is 0. The highest BCUT2D eigenvalue weighted by molar-refractivity contribution is 5.81. The summed E-state index contributed by atoms with van der Waals surface area (Å²) in [5, 5.41) is 12.7. The maximum absolute atomic E-state index is 11.8. The van der Waals surface area contributed by atoms with Crippen LogP contribution < -0.4 is 5.32 Å². The summed E-state index contributed by atoms with van der Waals surface area (Å²) in [5.74, 6) is -0.412. The fourth-order valence-electron chi connectivity index (χ4n) is 2.65. The van der Waals surface area contributed by atoms with Gasteiger partial charge >= 0.3 is 0 Å². The van der Waals surface area contributed by atoms with Crippen LogP contribution in [0.3, 0.4) is 0 Å². The number of nitrogens with zero attached hydrogens (tertiary/aromatic N) is 1. The molecule has 0 bridgehead atoms. The zero-order valence-electron chi connectivity index (χ0n) is 12.1. The third-order valence-corrected chi connectivity index (χ3v) is 3.74. The van der Waals surface area contributed by atoms with Crippen molar-refractivity contribution >= 4 is 12.3 Å². The van der Waals surface area contributed by atoms with Crippen molar-refractivity contribution in [2.45, 2.75) is 77.1 Å². The highest BCUT2D eigenvalue weighted by Crippen LogP contribution is 2.24. The van der Waals surface area contributed by atoms with Crippen molar-refractivity contribution < 1.29 is 14.7 Å². The van der Waals surface area contributed by atoms with Gasteiger partial charge in [-0.2, -0.15) is 0 Å². The van der Waals surface area contributed by atoms with Crippen molar-refractivity contribution in [3.8, 4) is 0 Å². The first kappa shape index (κ1) is 16.0. The summed E-state index contributed by atoms with van der Waals surface area (Å²) in [6, 6.07) is -0.351. The molecule has 1 aliphatic carbocycles. The lowest BCUT2D eigenvalue weighted by Crippen LogP contribution is -2.53. The van der Waals surface area contributed by atoms with Gasteiger partial charge in [0.05, 0.1) is 6.04 Å². The summed E-state index contributed by atoms with van der Waals surface area (Å²) in [5.41, 5.74) is 0. The SMILES string of the molecule is CC(C)NC(=O)C(O)C(C)N(C=O)C1CCCCC1. The molecule has 19 heavy (non-hydrogen) atoms. The van der Waals surface area contributed by atoms with Gasteiger partial charge in [0.2, 0.25) is 6.41 Å². The average Bonchev–Trinajstić information content (AvgIpc) is 2.39. The number of carbonyl (C=O) groups is 2. The lowest BCUT2D eigenvalue weighted by atomic mass is 9.93. The molecule has 5 nitrogen and oxygen atoms in total. The largest absolute Gasteiger partial charge is 0.381 e. The van der Waals surface area contributed by atoms with Gasteiger partial charge in [0, 0.05) is 12.1 Å². The molecular formula is C14H26N2O3. The number of aliphatic hydroxyl groups excluding tert-OH is 1. The Bertz CT molecular complexity index is 301. The number of nitrogens with one attached hydrogen (secondary N) is 1. The lowest BCUT2D eigenvalue weighted by Gasteiger charge is -2.37. The molecule has 0 saturated heterocycles. The summed E-state index contributed by atoms with van der Waals surface area (Å²) in [4.78, 5) is 24.7. The molecule has 5 heteroatoms. The average molecular weight is 270 g/mol. The minimum Gasteiger partial charge on any atom is -0.381 e. The Morgan fingerprint density at radius 3 is 2.32 bits per heavy atom. The van der Waals surface area contributed by atoms with E-state index >= 15 is 0 Å². The first-order chi connectivity index (χ1) is 8.97. The lowest BCUT2D eigenvalue weighted by molar-refractivity contribution is -0.137. The van der Waals surface area contributed by atoms with Gasteiger partial charge in [0.15, 0.2) is 6.10 Å². The molecule has 1 saturated carbocycles. The second kappa shape index (κ2) is 7.48. The Hall–Kier alpha value is -1.10. The fourth-order valence-corrected chi connectivity index (χ4v) is 2.65. The molecule has 0 aromatic rings. The molecule has 0 aromatic carbocycles. The third kappa shape index (κ3) is 4.49. The van der Waals surface area contributed by atoms with Crippen LogP contribution in [0.2, 0.25) is 0 Å². The summed E-state index contributed by atoms with van der Waals surface area (Å²) in [6.07, 6.45) is 4.94. The van der Waals surface area contributed by atoms with Crippen molar-refractivity contribution in [2.24, 2.45) is 0 Å². The molecule has 2 atom stereocenters. The number of rotatable bonds is 6. The molecule has 1 aliphatic rings. The molecule has 2 unspecified atom stereocenters. The van der Waals surface area contributed by atoms with Gasteiger partial charge in [0.25, 0.3) is 5.91 Å². The van der Waals surface area contributed by atoms with Crippen molar-refractivity contribution in [3.63, 3.8) is 0 Å². The summed E-state index contributed by atoms with van der Waals surface area (Å²) in [6.45, 7) is 5.41. The molecule has 0 radical (unpaired) electrons. The van der Waals surface area contributed by atoms with Crippen LogP contribution in [0.1, 0.15) is 52.9 Å². The Balaban J connectivity index is 2.63. The highest BCUT2D eigenvalue weighted by Gasteiger charge is 2.31. The van der Waals surface area contributed by atoms with Crippen LogP contribution in [0.15, 0.2) is 0 Å². The molecule has 1 rings (SSSR count). The molecule has 0 aliphatic heterocycles. The van der Waals surface area contributed by atoms with Gasteiger partial charge in [-0.1, -0.05) is 19.3 Å². The van der Waals surface area contributed by atoms with E-state index in [1.807, 2.05) is 13.8 Å². The van der Waals surface area contributed by atoms with Crippen molar-refractivity contribution in [3.05, 3.63) is 0 Å². The third-order valence-electron chi connectivity index (χ3n) is 3.74. The molecule has 0 aromatic heterocycles. The van der Waals surface area contributed by atoms with E-state index in [1.165, 1.54) is 6.42 Å². The molecule has 2 amide bonds. The summed E-state index contributed by atoms with van der Waals surface area (Å²) >= 11 is 0. The predicted octanol–water partition coefficient (Wildman–Crippen LogP) is 1.05. The topological polar surface area (TPSA) is 69.6 Å². The normalized spacial score (nSPS) is 19.8. The Morgan fingerprint density at radius 2 is 1.84 bits per heavy atom. The van der Waals surface area contributed by atoms with Crippen molar-refractivity contribution in [2.75, 3.05) is 0 Å². The Morgan fingerprint density at radius 1 is 1.26 bits per heavy atom. The van der Waals surface area contributed by atoms with E-state index in [-0.39, 0.29) is 12.1 Å². The van der Waals surface area contributed by atoms with Crippen molar-refractivity contribution in [1.82, 2.24) is 10.2 Å². The van der Waals surface area contributed by atoms with Crippen LogP contribution in [0.4, 0.5) is 0 Å². The van der Waals surface area contributed by atoms with Crippen LogP contribution in [-0.2, 0) is 9.59 Å². The Kier molecular flexibility index (Phi) is 6.28. The number of aliphatic hydroxyl groups is 1. The van der Waals surface area contributed by atoms with E-state index in [0.717, 1.165) is 32.1 Å². The van der Waals surface area contributed by atoms with E-state index < -0.39 is 18.1 Å². The van der Waals surface area contributed by atoms with E-state index in [9.17, 15) is 14.7 Å². The van der Waals surface area contributed by atoms with Crippen LogP contribution in [0.25, 0.3) is 0 Å². The fraction of sp³-hybridized carbons (Fsp3) is 0.857. The second-order valence-corrected chi connectivity index (χ2v) is 5.69. The number of hydrogen-bond acceptors (Lipinski definition) is 3. The van der Waals surface area contributed by atoms with Crippen LogP contribution in [-0.4, -0.2) is 46.6 Å². The minimum atomic E-state index is -1.17. The number of carbonyl (C=O) groups excluding carboxylic acids is 2. The van der Waals surface area contributed by atoms with Gasteiger partial charge in [-0.15, -0.1) is 0 Å². The van der Waals surface area contributed by atoms with E-state index in [4.69, 9.17) is 0 Å². The first-order valence-corrected chi connectivity index (χ1v) is 7.18. The molecule has 0 heterocycles. The summed E-state index contributed by atoms with van der Waals surface area (Å²) in [7, 11) is 0. The number of hydrogen-bond donors (Lipinski definition) is 2. The monoisotopic (exact) mass is 270 g/mol. The van der Waals surface area contributed by atoms with E-state index in [1.54, 1.807) is 11.8 Å². The quantitative estimate of drug-likeness (QED) is 0.709. The second-order valence-electron chi connectivity index (χ2n) is 5.69. The van der Waals surface area contributed by atoms with E-state index in [2.05, 4.69) is 5.32 Å². The van der Waals surface area contributed by atoms with Crippen LogP contribution in [0.5, 0.6) is 0 Å². The highest BCUT2D eigenvalue weighted by atomic mass is 16.3. The Labute approximate surface area is 115 Å². The van der Waals surface area contributed by atoms with Gasteiger partial charge < -0.3 is 15.3 Å². The van der Waals surface area contributed by atoms with Crippen LogP contribution >= 0.6 is 0 Å². The maximum atomic E-state index is 11.8. The first-order valence-electron chi connectivity index (χ1n) is 7.18. The molecule has 2 N–H and O–H groups in total. The standard InChI is InChI=1S/C14H26N2O3/c1-10(2)15-14(19)13(18)11(3)16(9-17)12-7-5-4-6-8-12/h9-13,18H,4-8H2,1-3H3,(H,15,19). The van der Waals surface area contributed by atoms with Gasteiger partial charge in [-0.05, 0) is 33.6 Å². The van der Waals surface area contributed by atoms with Crippen molar-refractivity contribution in [1.29, 1.82) is 0 Å². The van der Waals surface area contributed by atoms with Gasteiger partial charge in [-0.3, -0.25) is 9.59 Å². The smallest absolute Gasteiger partial charge is 0.251 e.